The molecule has 4 heterocycles. The Labute approximate surface area is 213 Å². The van der Waals surface area contributed by atoms with E-state index in [-0.39, 0.29) is 23.4 Å². The Kier molecular flexibility index (Phi) is 5.44. The molecule has 2 aromatic carbocycles. The minimum atomic E-state index is -3.18. The average Bonchev–Trinajstić information content (AvgIpc) is 3.53. The standard InChI is InChI=1S/C27H19F3N4O4/c1-27(29,30)13-34-23(20-11-16(9-10-31-20)37-15-7-5-14(28)6-8-15)21-18(25(34)35)12-32-22(21)17-3-2-4-19-24(17)38-26(36)33-19/h2-11,23H,12-13H2,1H3,(H,33,36). The number of halogens is 3. The molecule has 0 saturated carbocycles. The molecule has 0 radical (unpaired) electrons. The molecule has 0 spiro atoms. The normalized spacial score (nSPS) is 17.4. The summed E-state index contributed by atoms with van der Waals surface area (Å²) in [5, 5.41) is 0. The molecule has 4 aromatic rings. The first kappa shape index (κ1) is 23.7. The Morgan fingerprint density at radius 3 is 2.68 bits per heavy atom. The fraction of sp³-hybridized carbons (Fsp3) is 0.185. The number of oxazole rings is 1. The first-order valence-electron chi connectivity index (χ1n) is 11.7. The van der Waals surface area contributed by atoms with Crippen LogP contribution in [0.3, 0.4) is 0 Å². The van der Waals surface area contributed by atoms with Crippen molar-refractivity contribution >= 4 is 22.7 Å². The number of fused-ring (bicyclic) bond motifs is 1. The molecule has 0 bridgehead atoms. The Hall–Kier alpha value is -4.67. The van der Waals surface area contributed by atoms with Gasteiger partial charge in [0.2, 0.25) is 0 Å². The van der Waals surface area contributed by atoms with E-state index in [1.165, 1.54) is 30.5 Å². The minimum Gasteiger partial charge on any atom is -0.457 e. The van der Waals surface area contributed by atoms with Crippen LogP contribution >= 0.6 is 0 Å². The number of aromatic nitrogens is 2. The number of pyridine rings is 1. The number of aliphatic imine (C=N–C) groups is 1. The van der Waals surface area contributed by atoms with E-state index in [1.54, 1.807) is 30.3 Å². The van der Waals surface area contributed by atoms with Crippen molar-refractivity contribution in [2.75, 3.05) is 13.1 Å². The number of nitrogens with zero attached hydrogens (tertiary/aromatic N) is 3. The zero-order valence-corrected chi connectivity index (χ0v) is 19.9. The molecule has 1 amide bonds. The minimum absolute atomic E-state index is 0.0113. The van der Waals surface area contributed by atoms with Crippen molar-refractivity contribution < 1.29 is 27.1 Å². The van der Waals surface area contributed by atoms with Crippen LogP contribution in [0.15, 0.2) is 86.1 Å². The van der Waals surface area contributed by atoms with Crippen LogP contribution in [0.5, 0.6) is 11.5 Å². The van der Waals surface area contributed by atoms with Crippen molar-refractivity contribution in [3.63, 3.8) is 0 Å². The summed E-state index contributed by atoms with van der Waals surface area (Å²) in [7, 11) is 0. The summed E-state index contributed by atoms with van der Waals surface area (Å²) in [5.74, 6) is -4.14. The number of aromatic amines is 1. The Morgan fingerprint density at radius 2 is 1.92 bits per heavy atom. The second-order valence-corrected chi connectivity index (χ2v) is 9.13. The van der Waals surface area contributed by atoms with Crippen LogP contribution in [0, 0.1) is 5.82 Å². The first-order valence-corrected chi connectivity index (χ1v) is 11.7. The predicted molar refractivity (Wildman–Crippen MR) is 131 cm³/mol. The number of alkyl halides is 2. The molecule has 2 aromatic heterocycles. The van der Waals surface area contributed by atoms with E-state index in [1.807, 2.05) is 0 Å². The van der Waals surface area contributed by atoms with E-state index in [4.69, 9.17) is 9.15 Å². The SMILES string of the molecule is CC(F)(F)CN1C(=O)C2=C(C(c3cccc4[nH]c(=O)oc34)=NC2)C1c1cc(Oc2ccc(F)cc2)ccn1. The second-order valence-electron chi connectivity index (χ2n) is 9.13. The lowest BCUT2D eigenvalue weighted by molar-refractivity contribution is -0.132. The quantitative estimate of drug-likeness (QED) is 0.394. The van der Waals surface area contributed by atoms with Crippen molar-refractivity contribution in [1.29, 1.82) is 0 Å². The summed E-state index contributed by atoms with van der Waals surface area (Å²) < 4.78 is 53.0. The van der Waals surface area contributed by atoms with E-state index in [2.05, 4.69) is 15.0 Å². The number of para-hydroxylation sites is 1. The lowest BCUT2D eigenvalue weighted by Gasteiger charge is -2.30. The van der Waals surface area contributed by atoms with Crippen LogP contribution in [-0.2, 0) is 4.79 Å². The first-order chi connectivity index (χ1) is 18.2. The van der Waals surface area contributed by atoms with Crippen molar-refractivity contribution in [3.05, 3.63) is 99.6 Å². The van der Waals surface area contributed by atoms with Gasteiger partial charge in [-0.3, -0.25) is 19.8 Å². The number of amides is 1. The third-order valence-corrected chi connectivity index (χ3v) is 6.31. The Bertz CT molecular complexity index is 1700. The van der Waals surface area contributed by atoms with Gasteiger partial charge >= 0.3 is 5.76 Å². The van der Waals surface area contributed by atoms with Gasteiger partial charge in [0.15, 0.2) is 5.58 Å². The van der Waals surface area contributed by atoms with Gasteiger partial charge in [-0.05, 0) is 42.5 Å². The van der Waals surface area contributed by atoms with Crippen LogP contribution in [0.25, 0.3) is 11.1 Å². The largest absolute Gasteiger partial charge is 0.457 e. The molecule has 11 heteroatoms. The summed E-state index contributed by atoms with van der Waals surface area (Å²) in [6.07, 6.45) is 1.44. The van der Waals surface area contributed by atoms with Crippen LogP contribution in [0.2, 0.25) is 0 Å². The van der Waals surface area contributed by atoms with Gasteiger partial charge in [0.05, 0.1) is 30.0 Å². The monoisotopic (exact) mass is 520 g/mol. The summed E-state index contributed by atoms with van der Waals surface area (Å²) >= 11 is 0. The summed E-state index contributed by atoms with van der Waals surface area (Å²) in [6.45, 7) is -0.111. The van der Waals surface area contributed by atoms with Gasteiger partial charge in [-0.15, -0.1) is 0 Å². The highest BCUT2D eigenvalue weighted by atomic mass is 19.3. The van der Waals surface area contributed by atoms with Gasteiger partial charge in [0.25, 0.3) is 11.8 Å². The molecule has 1 atom stereocenters. The molecule has 38 heavy (non-hydrogen) atoms. The predicted octanol–water partition coefficient (Wildman–Crippen LogP) is 4.79. The van der Waals surface area contributed by atoms with Crippen molar-refractivity contribution in [3.8, 4) is 11.5 Å². The highest BCUT2D eigenvalue weighted by Gasteiger charge is 2.48. The van der Waals surface area contributed by atoms with Gasteiger partial charge < -0.3 is 14.1 Å². The highest BCUT2D eigenvalue weighted by molar-refractivity contribution is 6.25. The molecular formula is C27H19F3N4O4. The van der Waals surface area contributed by atoms with Gasteiger partial charge in [0, 0.05) is 35.9 Å². The van der Waals surface area contributed by atoms with E-state index in [0.717, 1.165) is 11.8 Å². The lowest BCUT2D eigenvalue weighted by atomic mass is 9.93. The van der Waals surface area contributed by atoms with E-state index >= 15 is 0 Å². The molecule has 1 unspecified atom stereocenters. The summed E-state index contributed by atoms with van der Waals surface area (Å²) in [4.78, 5) is 37.9. The maximum Gasteiger partial charge on any atom is 0.417 e. The zero-order chi connectivity index (χ0) is 26.6. The maximum absolute atomic E-state index is 14.3. The number of hydrogen-bond donors (Lipinski definition) is 1. The topological polar surface area (TPSA) is 101 Å². The fourth-order valence-corrected chi connectivity index (χ4v) is 4.83. The molecule has 0 aliphatic carbocycles. The van der Waals surface area contributed by atoms with Gasteiger partial charge in [-0.2, -0.15) is 0 Å². The van der Waals surface area contributed by atoms with Crippen molar-refractivity contribution in [2.45, 2.75) is 18.9 Å². The van der Waals surface area contributed by atoms with Crippen LogP contribution in [-0.4, -0.2) is 45.5 Å². The van der Waals surface area contributed by atoms with E-state index in [0.29, 0.717) is 33.9 Å². The Balaban J connectivity index is 1.45. The maximum atomic E-state index is 14.3. The van der Waals surface area contributed by atoms with Gasteiger partial charge in [-0.1, -0.05) is 6.07 Å². The number of H-pyrrole nitrogens is 1. The highest BCUT2D eigenvalue weighted by Crippen LogP contribution is 2.44. The smallest absolute Gasteiger partial charge is 0.417 e. The van der Waals surface area contributed by atoms with Gasteiger partial charge in [-0.25, -0.2) is 18.0 Å². The van der Waals surface area contributed by atoms with Crippen molar-refractivity contribution in [1.82, 2.24) is 14.9 Å². The third-order valence-electron chi connectivity index (χ3n) is 6.31. The van der Waals surface area contributed by atoms with E-state index < -0.39 is 36.0 Å². The molecule has 2 aliphatic rings. The molecule has 2 aliphatic heterocycles. The number of nitrogens with one attached hydrogen (secondary N) is 1. The number of hydrogen-bond acceptors (Lipinski definition) is 6. The van der Waals surface area contributed by atoms with Gasteiger partial charge in [0.1, 0.15) is 23.4 Å². The lowest BCUT2D eigenvalue weighted by Crippen LogP contribution is -2.40. The second kappa shape index (κ2) is 8.72. The molecule has 6 rings (SSSR count). The van der Waals surface area contributed by atoms with Crippen molar-refractivity contribution in [2.24, 2.45) is 4.99 Å². The number of carbonyl (C=O) groups is 1. The molecule has 1 N–H and O–H groups in total. The average molecular weight is 520 g/mol. The molecule has 8 nitrogen and oxygen atoms in total. The molecule has 192 valence electrons. The number of rotatable bonds is 6. The number of ether oxygens (including phenoxy) is 1. The molecule has 0 fully saturated rings. The zero-order valence-electron chi connectivity index (χ0n) is 19.9. The molecule has 0 saturated heterocycles. The van der Waals surface area contributed by atoms with Crippen LogP contribution in [0.1, 0.15) is 24.2 Å². The van der Waals surface area contributed by atoms with E-state index in [9.17, 15) is 22.8 Å². The van der Waals surface area contributed by atoms with Crippen LogP contribution < -0.4 is 10.5 Å². The summed E-state index contributed by atoms with van der Waals surface area (Å²) in [6, 6.07) is 12.6. The number of benzene rings is 2. The Morgan fingerprint density at radius 1 is 1.13 bits per heavy atom. The van der Waals surface area contributed by atoms with Crippen LogP contribution in [0.4, 0.5) is 13.2 Å². The molecular weight excluding hydrogens is 501 g/mol. The third kappa shape index (κ3) is 4.15. The number of carbonyl (C=O) groups excluding carboxylic acids is 1. The fourth-order valence-electron chi connectivity index (χ4n) is 4.83. The summed E-state index contributed by atoms with van der Waals surface area (Å²) in [5.41, 5.74) is 2.47.